The highest BCUT2D eigenvalue weighted by atomic mass is 35.5. The second-order valence-electron chi connectivity index (χ2n) is 5.78. The predicted molar refractivity (Wildman–Crippen MR) is 102 cm³/mol. The summed E-state index contributed by atoms with van der Waals surface area (Å²) in [6, 6.07) is 17.1. The molecule has 0 saturated heterocycles. The topological polar surface area (TPSA) is 52.8 Å². The smallest absolute Gasteiger partial charge is 0.134 e. The molecule has 0 unspecified atom stereocenters. The summed E-state index contributed by atoms with van der Waals surface area (Å²) in [5.41, 5.74) is 2.49. The number of nitrogens with zero attached hydrogens (tertiary/aromatic N) is 4. The summed E-state index contributed by atoms with van der Waals surface area (Å²) in [7, 11) is 0. The van der Waals surface area contributed by atoms with Crippen molar-refractivity contribution >= 4 is 34.1 Å². The molecule has 0 fully saturated rings. The van der Waals surface area contributed by atoms with Crippen LogP contribution in [0.5, 0.6) is 5.75 Å². The van der Waals surface area contributed by atoms with E-state index in [-0.39, 0.29) is 0 Å². The molecule has 0 bridgehead atoms. The van der Waals surface area contributed by atoms with Crippen molar-refractivity contribution in [2.75, 3.05) is 0 Å². The van der Waals surface area contributed by atoms with Crippen molar-refractivity contribution in [3.05, 3.63) is 82.2 Å². The zero-order valence-electron chi connectivity index (χ0n) is 13.6. The number of fused-ring (bicyclic) bond motifs is 1. The summed E-state index contributed by atoms with van der Waals surface area (Å²) in [4.78, 5) is 4.43. The third kappa shape index (κ3) is 3.79. The van der Waals surface area contributed by atoms with Crippen LogP contribution in [0.3, 0.4) is 0 Å². The summed E-state index contributed by atoms with van der Waals surface area (Å²) in [5.74, 6) is 0.728. The van der Waals surface area contributed by atoms with Crippen LogP contribution in [0.1, 0.15) is 11.3 Å². The molecule has 26 heavy (non-hydrogen) atoms. The molecule has 130 valence electrons. The fourth-order valence-corrected chi connectivity index (χ4v) is 2.92. The van der Waals surface area contributed by atoms with E-state index < -0.39 is 0 Å². The van der Waals surface area contributed by atoms with E-state index in [1.807, 2.05) is 48.7 Å². The summed E-state index contributed by atoms with van der Waals surface area (Å²) in [5, 5.41) is 10.5. The van der Waals surface area contributed by atoms with E-state index in [1.54, 1.807) is 16.8 Å². The van der Waals surface area contributed by atoms with Gasteiger partial charge in [0.1, 0.15) is 23.2 Å². The first-order valence-corrected chi connectivity index (χ1v) is 8.74. The average Bonchev–Trinajstić information content (AvgIpc) is 3.09. The number of aromatic nitrogens is 4. The fraction of sp³-hybridized carbons (Fsp3) is 0.105. The van der Waals surface area contributed by atoms with Crippen molar-refractivity contribution in [2.24, 2.45) is 0 Å². The number of halogens is 2. The summed E-state index contributed by atoms with van der Waals surface area (Å²) in [6.45, 7) is 0.815. The predicted octanol–water partition coefficient (Wildman–Crippen LogP) is 4.76. The van der Waals surface area contributed by atoms with Crippen LogP contribution < -0.4 is 4.74 Å². The Balaban J connectivity index is 1.46. The summed E-state index contributed by atoms with van der Waals surface area (Å²) < 4.78 is 7.40. The van der Waals surface area contributed by atoms with Crippen molar-refractivity contribution in [3.63, 3.8) is 0 Å². The van der Waals surface area contributed by atoms with Gasteiger partial charge >= 0.3 is 0 Å². The molecule has 2 aromatic carbocycles. The lowest BCUT2D eigenvalue weighted by Crippen LogP contribution is -2.02. The lowest BCUT2D eigenvalue weighted by molar-refractivity contribution is 0.301. The van der Waals surface area contributed by atoms with Gasteiger partial charge in [0, 0.05) is 16.0 Å². The summed E-state index contributed by atoms with van der Waals surface area (Å²) in [6.07, 6.45) is 1.83. The molecule has 0 spiro atoms. The molecule has 4 aromatic rings. The van der Waals surface area contributed by atoms with E-state index >= 15 is 0 Å². The van der Waals surface area contributed by atoms with Crippen LogP contribution in [0, 0.1) is 0 Å². The minimum atomic E-state index is 0.325. The Kier molecular flexibility index (Phi) is 4.73. The van der Waals surface area contributed by atoms with Gasteiger partial charge in [0.25, 0.3) is 0 Å². The van der Waals surface area contributed by atoms with E-state index in [1.165, 1.54) is 0 Å². The van der Waals surface area contributed by atoms with Crippen molar-refractivity contribution < 1.29 is 4.74 Å². The Labute approximate surface area is 160 Å². The third-order valence-corrected chi connectivity index (χ3v) is 4.45. The van der Waals surface area contributed by atoms with E-state index in [0.29, 0.717) is 23.3 Å². The Hall–Kier alpha value is -2.63. The quantitative estimate of drug-likeness (QED) is 0.465. The zero-order chi connectivity index (χ0) is 17.9. The van der Waals surface area contributed by atoms with Crippen LogP contribution in [0.25, 0.3) is 10.9 Å². The molecule has 5 nitrogen and oxygen atoms in total. The maximum Gasteiger partial charge on any atom is 0.134 e. The molecule has 2 heterocycles. The zero-order valence-corrected chi connectivity index (χ0v) is 15.2. The van der Waals surface area contributed by atoms with Crippen molar-refractivity contribution in [1.29, 1.82) is 0 Å². The minimum Gasteiger partial charge on any atom is -0.487 e. The molecule has 7 heteroatoms. The van der Waals surface area contributed by atoms with Crippen LogP contribution in [-0.4, -0.2) is 20.0 Å². The molecular formula is C19H14Cl2N4O. The average molecular weight is 385 g/mol. The maximum absolute atomic E-state index is 6.31. The van der Waals surface area contributed by atoms with E-state index in [2.05, 4.69) is 15.3 Å². The number of rotatable bonds is 5. The number of benzene rings is 2. The molecule has 0 saturated carbocycles. The molecule has 2 aromatic heterocycles. The number of ether oxygens (including phenoxy) is 1. The van der Waals surface area contributed by atoms with Crippen molar-refractivity contribution in [3.8, 4) is 5.75 Å². The third-order valence-electron chi connectivity index (χ3n) is 3.87. The molecule has 0 atom stereocenters. The van der Waals surface area contributed by atoms with Gasteiger partial charge in [-0.1, -0.05) is 46.6 Å². The summed E-state index contributed by atoms with van der Waals surface area (Å²) >= 11 is 12.2. The largest absolute Gasteiger partial charge is 0.487 e. The Morgan fingerprint density at radius 3 is 2.65 bits per heavy atom. The fourth-order valence-electron chi connectivity index (χ4n) is 2.59. The molecule has 0 aliphatic carbocycles. The van der Waals surface area contributed by atoms with Crippen LogP contribution in [0.4, 0.5) is 0 Å². The Morgan fingerprint density at radius 1 is 1.00 bits per heavy atom. The molecule has 0 aliphatic heterocycles. The van der Waals surface area contributed by atoms with Gasteiger partial charge < -0.3 is 4.74 Å². The normalized spacial score (nSPS) is 11.0. The molecule has 0 radical (unpaired) electrons. The molecule has 4 rings (SSSR count). The SMILES string of the molecule is Clc1ccc(OCc2cn(Cc3cc4ccccc4nc3Cl)nn2)cc1. The van der Waals surface area contributed by atoms with Gasteiger partial charge in [-0.3, -0.25) is 0 Å². The van der Waals surface area contributed by atoms with Crippen LogP contribution in [0.15, 0.2) is 60.8 Å². The van der Waals surface area contributed by atoms with Crippen LogP contribution in [-0.2, 0) is 13.2 Å². The monoisotopic (exact) mass is 384 g/mol. The van der Waals surface area contributed by atoms with Gasteiger partial charge in [-0.25, -0.2) is 9.67 Å². The molecule has 0 aliphatic rings. The molecule has 0 N–H and O–H groups in total. The second-order valence-corrected chi connectivity index (χ2v) is 6.58. The van der Waals surface area contributed by atoms with Gasteiger partial charge in [-0.05, 0) is 36.4 Å². The standard InChI is InChI=1S/C19H14Cl2N4O/c20-15-5-7-17(8-6-15)26-12-16-11-25(24-23-16)10-14-9-13-3-1-2-4-18(13)22-19(14)21/h1-9,11H,10,12H2. The van der Waals surface area contributed by atoms with Crippen LogP contribution in [0.2, 0.25) is 10.2 Å². The Morgan fingerprint density at radius 2 is 1.81 bits per heavy atom. The lowest BCUT2D eigenvalue weighted by Gasteiger charge is -2.06. The first-order chi connectivity index (χ1) is 12.7. The second kappa shape index (κ2) is 7.32. The molecule has 0 amide bonds. The maximum atomic E-state index is 6.31. The number of pyridine rings is 1. The van der Waals surface area contributed by atoms with Crippen molar-refractivity contribution in [1.82, 2.24) is 20.0 Å². The first-order valence-electron chi connectivity index (χ1n) is 7.99. The highest BCUT2D eigenvalue weighted by Crippen LogP contribution is 2.21. The Bertz CT molecular complexity index is 1050. The molecular weight excluding hydrogens is 371 g/mol. The van der Waals surface area contributed by atoms with Gasteiger partial charge in [-0.15, -0.1) is 5.10 Å². The van der Waals surface area contributed by atoms with Gasteiger partial charge in [0.2, 0.25) is 0 Å². The highest BCUT2D eigenvalue weighted by molar-refractivity contribution is 6.30. The lowest BCUT2D eigenvalue weighted by atomic mass is 10.1. The number of hydrogen-bond acceptors (Lipinski definition) is 4. The van der Waals surface area contributed by atoms with Gasteiger partial charge in [0.15, 0.2) is 0 Å². The van der Waals surface area contributed by atoms with E-state index in [9.17, 15) is 0 Å². The highest BCUT2D eigenvalue weighted by Gasteiger charge is 2.08. The minimum absolute atomic E-state index is 0.325. The number of para-hydroxylation sites is 1. The van der Waals surface area contributed by atoms with Crippen molar-refractivity contribution in [2.45, 2.75) is 13.2 Å². The van der Waals surface area contributed by atoms with Crippen LogP contribution >= 0.6 is 23.2 Å². The van der Waals surface area contributed by atoms with Gasteiger partial charge in [0.05, 0.1) is 18.3 Å². The van der Waals surface area contributed by atoms with E-state index in [4.69, 9.17) is 27.9 Å². The van der Waals surface area contributed by atoms with Gasteiger partial charge in [-0.2, -0.15) is 0 Å². The number of hydrogen-bond donors (Lipinski definition) is 0. The van der Waals surface area contributed by atoms with E-state index in [0.717, 1.165) is 27.9 Å². The first kappa shape index (κ1) is 16.8.